The lowest BCUT2D eigenvalue weighted by Crippen LogP contribution is -2.13. The molecule has 0 aliphatic heterocycles. The summed E-state index contributed by atoms with van der Waals surface area (Å²) in [5, 5.41) is 12.3. The highest BCUT2D eigenvalue weighted by atomic mass is 19.1. The van der Waals surface area contributed by atoms with Crippen LogP contribution in [0.25, 0.3) is 0 Å². The van der Waals surface area contributed by atoms with E-state index in [2.05, 4.69) is 5.32 Å². The molecule has 0 aromatic heterocycles. The Balaban J connectivity index is 1.88. The second-order valence-corrected chi connectivity index (χ2v) is 4.54. The fraction of sp³-hybridized carbons (Fsp3) is 0.250. The van der Waals surface area contributed by atoms with Crippen LogP contribution in [-0.4, -0.2) is 12.2 Å². The van der Waals surface area contributed by atoms with E-state index in [4.69, 9.17) is 9.84 Å². The molecule has 2 aromatic rings. The molecule has 0 fully saturated rings. The second kappa shape index (κ2) is 7.03. The summed E-state index contributed by atoms with van der Waals surface area (Å²) in [5.74, 6) is 0.464. The SMILES string of the molecule is COc1ccc(CNCc2ccc(F)c(CO)c2)cc1. The summed E-state index contributed by atoms with van der Waals surface area (Å²) in [6.07, 6.45) is 0. The highest BCUT2D eigenvalue weighted by Crippen LogP contribution is 2.12. The number of benzene rings is 2. The van der Waals surface area contributed by atoms with Crippen molar-refractivity contribution < 1.29 is 14.2 Å². The summed E-state index contributed by atoms with van der Waals surface area (Å²) in [6.45, 7) is 1.06. The van der Waals surface area contributed by atoms with Crippen molar-refractivity contribution in [2.45, 2.75) is 19.7 Å². The van der Waals surface area contributed by atoms with Crippen molar-refractivity contribution in [3.05, 3.63) is 65.0 Å². The van der Waals surface area contributed by atoms with Crippen LogP contribution in [0.15, 0.2) is 42.5 Å². The van der Waals surface area contributed by atoms with E-state index in [-0.39, 0.29) is 12.4 Å². The Kier molecular flexibility index (Phi) is 5.09. The maximum absolute atomic E-state index is 13.2. The van der Waals surface area contributed by atoms with E-state index in [1.54, 1.807) is 19.2 Å². The van der Waals surface area contributed by atoms with Gasteiger partial charge < -0.3 is 15.2 Å². The molecule has 2 aromatic carbocycles. The smallest absolute Gasteiger partial charge is 0.128 e. The normalized spacial score (nSPS) is 10.6. The third-order valence-electron chi connectivity index (χ3n) is 3.10. The Bertz CT molecular complexity index is 555. The topological polar surface area (TPSA) is 41.5 Å². The van der Waals surface area contributed by atoms with Crippen molar-refractivity contribution in [2.75, 3.05) is 7.11 Å². The molecule has 0 atom stereocenters. The number of nitrogens with one attached hydrogen (secondary N) is 1. The maximum atomic E-state index is 13.2. The third-order valence-corrected chi connectivity index (χ3v) is 3.10. The lowest BCUT2D eigenvalue weighted by atomic mass is 10.1. The third kappa shape index (κ3) is 3.79. The number of aliphatic hydroxyl groups excluding tert-OH is 1. The molecule has 106 valence electrons. The monoisotopic (exact) mass is 275 g/mol. The first kappa shape index (κ1) is 14.5. The molecule has 0 radical (unpaired) electrons. The Morgan fingerprint density at radius 1 is 1.05 bits per heavy atom. The first-order valence-corrected chi connectivity index (χ1v) is 6.44. The predicted molar refractivity (Wildman–Crippen MR) is 75.9 cm³/mol. The van der Waals surface area contributed by atoms with Crippen LogP contribution in [0.3, 0.4) is 0 Å². The van der Waals surface area contributed by atoms with Gasteiger partial charge in [0.25, 0.3) is 0 Å². The molecule has 3 nitrogen and oxygen atoms in total. The average molecular weight is 275 g/mol. The molecule has 4 heteroatoms. The molecule has 0 aliphatic rings. The number of hydrogen-bond donors (Lipinski definition) is 2. The number of rotatable bonds is 6. The molecule has 0 spiro atoms. The van der Waals surface area contributed by atoms with Crippen LogP contribution in [0.1, 0.15) is 16.7 Å². The molecule has 0 aliphatic carbocycles. The van der Waals surface area contributed by atoms with Gasteiger partial charge in [0.2, 0.25) is 0 Å². The number of halogens is 1. The zero-order valence-corrected chi connectivity index (χ0v) is 11.4. The van der Waals surface area contributed by atoms with Crippen LogP contribution in [0, 0.1) is 5.82 Å². The van der Waals surface area contributed by atoms with Crippen LogP contribution in [0.4, 0.5) is 4.39 Å². The van der Waals surface area contributed by atoms with Crippen LogP contribution in [-0.2, 0) is 19.7 Å². The first-order valence-electron chi connectivity index (χ1n) is 6.44. The minimum Gasteiger partial charge on any atom is -0.497 e. The van der Waals surface area contributed by atoms with Gasteiger partial charge in [-0.25, -0.2) is 4.39 Å². The minimum absolute atomic E-state index is 0.280. The van der Waals surface area contributed by atoms with Gasteiger partial charge in [-0.2, -0.15) is 0 Å². The molecule has 0 saturated carbocycles. The van der Waals surface area contributed by atoms with Gasteiger partial charge >= 0.3 is 0 Å². The van der Waals surface area contributed by atoms with E-state index in [1.807, 2.05) is 24.3 Å². The molecular formula is C16H18FNO2. The predicted octanol–water partition coefficient (Wildman–Crippen LogP) is 2.62. The zero-order chi connectivity index (χ0) is 14.4. The van der Waals surface area contributed by atoms with Gasteiger partial charge in [-0.05, 0) is 35.4 Å². The Morgan fingerprint density at radius 2 is 1.70 bits per heavy atom. The van der Waals surface area contributed by atoms with Crippen LogP contribution in [0.5, 0.6) is 5.75 Å². The second-order valence-electron chi connectivity index (χ2n) is 4.54. The van der Waals surface area contributed by atoms with E-state index in [1.165, 1.54) is 6.07 Å². The van der Waals surface area contributed by atoms with E-state index in [0.29, 0.717) is 12.1 Å². The van der Waals surface area contributed by atoms with Crippen molar-refractivity contribution >= 4 is 0 Å². The molecule has 0 amide bonds. The summed E-state index contributed by atoms with van der Waals surface area (Å²) in [7, 11) is 1.64. The zero-order valence-electron chi connectivity index (χ0n) is 11.4. The van der Waals surface area contributed by atoms with Crippen LogP contribution in [0.2, 0.25) is 0 Å². The number of methoxy groups -OCH3 is 1. The molecule has 0 bridgehead atoms. The fourth-order valence-electron chi connectivity index (χ4n) is 1.95. The van der Waals surface area contributed by atoms with Gasteiger partial charge in [0, 0.05) is 18.7 Å². The quantitative estimate of drug-likeness (QED) is 0.851. The lowest BCUT2D eigenvalue weighted by molar-refractivity contribution is 0.275. The first-order chi connectivity index (χ1) is 9.72. The molecule has 0 unspecified atom stereocenters. The van der Waals surface area contributed by atoms with Gasteiger partial charge in [0.15, 0.2) is 0 Å². The Morgan fingerprint density at radius 3 is 2.35 bits per heavy atom. The largest absolute Gasteiger partial charge is 0.497 e. The molecule has 2 rings (SSSR count). The van der Waals surface area contributed by atoms with Crippen LogP contribution < -0.4 is 10.1 Å². The van der Waals surface area contributed by atoms with Gasteiger partial charge in [-0.1, -0.05) is 18.2 Å². The van der Waals surface area contributed by atoms with Crippen molar-refractivity contribution in [3.63, 3.8) is 0 Å². The number of aliphatic hydroxyl groups is 1. The molecule has 0 saturated heterocycles. The summed E-state index contributed by atoms with van der Waals surface area (Å²) in [6, 6.07) is 12.6. The highest BCUT2D eigenvalue weighted by Gasteiger charge is 2.02. The lowest BCUT2D eigenvalue weighted by Gasteiger charge is -2.08. The minimum atomic E-state index is -0.369. The average Bonchev–Trinajstić information content (AvgIpc) is 2.49. The summed E-state index contributed by atoms with van der Waals surface area (Å²) >= 11 is 0. The molecular weight excluding hydrogens is 257 g/mol. The van der Waals surface area contributed by atoms with Gasteiger partial charge in [-0.15, -0.1) is 0 Å². The van der Waals surface area contributed by atoms with Gasteiger partial charge in [0.05, 0.1) is 13.7 Å². The van der Waals surface area contributed by atoms with E-state index in [0.717, 1.165) is 23.4 Å². The fourth-order valence-corrected chi connectivity index (χ4v) is 1.95. The van der Waals surface area contributed by atoms with Crippen LogP contribution >= 0.6 is 0 Å². The standard InChI is InChI=1S/C16H18FNO2/c1-20-15-5-2-12(3-6-15)9-18-10-13-4-7-16(17)14(8-13)11-19/h2-8,18-19H,9-11H2,1H3. The van der Waals surface area contributed by atoms with Crippen molar-refractivity contribution in [3.8, 4) is 5.75 Å². The molecule has 0 heterocycles. The molecule has 2 N–H and O–H groups in total. The van der Waals surface area contributed by atoms with Gasteiger partial charge in [-0.3, -0.25) is 0 Å². The molecule has 20 heavy (non-hydrogen) atoms. The van der Waals surface area contributed by atoms with E-state index >= 15 is 0 Å². The summed E-state index contributed by atoms with van der Waals surface area (Å²) in [4.78, 5) is 0. The van der Waals surface area contributed by atoms with E-state index in [9.17, 15) is 4.39 Å². The highest BCUT2D eigenvalue weighted by molar-refractivity contribution is 5.27. The van der Waals surface area contributed by atoms with Crippen molar-refractivity contribution in [2.24, 2.45) is 0 Å². The summed E-state index contributed by atoms with van der Waals surface area (Å²) < 4.78 is 18.3. The maximum Gasteiger partial charge on any atom is 0.128 e. The van der Waals surface area contributed by atoms with Crippen molar-refractivity contribution in [1.29, 1.82) is 0 Å². The van der Waals surface area contributed by atoms with Gasteiger partial charge in [0.1, 0.15) is 11.6 Å². The Labute approximate surface area is 118 Å². The Hall–Kier alpha value is -1.91. The number of ether oxygens (including phenoxy) is 1. The van der Waals surface area contributed by atoms with Crippen molar-refractivity contribution in [1.82, 2.24) is 5.32 Å². The van der Waals surface area contributed by atoms with E-state index < -0.39 is 0 Å². The number of hydrogen-bond acceptors (Lipinski definition) is 3. The summed E-state index contributed by atoms with van der Waals surface area (Å²) in [5.41, 5.74) is 2.42.